The second-order valence-corrected chi connectivity index (χ2v) is 4.47. The zero-order valence-electron chi connectivity index (χ0n) is 10.4. The summed E-state index contributed by atoms with van der Waals surface area (Å²) >= 11 is 0. The van der Waals surface area contributed by atoms with Gasteiger partial charge in [0.1, 0.15) is 11.7 Å². The highest BCUT2D eigenvalue weighted by Gasteiger charge is 2.39. The average molecular weight is 279 g/mol. The van der Waals surface area contributed by atoms with Crippen molar-refractivity contribution in [1.29, 1.82) is 0 Å². The SMILES string of the molecule is NC(=O)C1CC(O)CN1C(=O)c1ncccc1C(=O)O. The predicted molar refractivity (Wildman–Crippen MR) is 65.8 cm³/mol. The molecule has 2 unspecified atom stereocenters. The number of hydrogen-bond acceptors (Lipinski definition) is 5. The van der Waals surface area contributed by atoms with Gasteiger partial charge in [-0.05, 0) is 12.1 Å². The van der Waals surface area contributed by atoms with Crippen molar-refractivity contribution in [1.82, 2.24) is 9.88 Å². The van der Waals surface area contributed by atoms with Gasteiger partial charge in [0, 0.05) is 19.2 Å². The summed E-state index contributed by atoms with van der Waals surface area (Å²) in [7, 11) is 0. The number of nitrogens with two attached hydrogens (primary N) is 1. The molecule has 1 aromatic rings. The Bertz CT molecular complexity index is 574. The number of carbonyl (C=O) groups is 3. The highest BCUT2D eigenvalue weighted by molar-refractivity contribution is 6.04. The Morgan fingerprint density at radius 3 is 2.70 bits per heavy atom. The van der Waals surface area contributed by atoms with Crippen LogP contribution in [0.3, 0.4) is 0 Å². The van der Waals surface area contributed by atoms with Gasteiger partial charge >= 0.3 is 5.97 Å². The number of carbonyl (C=O) groups excluding carboxylic acids is 2. The molecule has 8 heteroatoms. The Kier molecular flexibility index (Phi) is 3.66. The highest BCUT2D eigenvalue weighted by atomic mass is 16.4. The van der Waals surface area contributed by atoms with Crippen LogP contribution in [0.25, 0.3) is 0 Å². The van der Waals surface area contributed by atoms with Gasteiger partial charge in [-0.2, -0.15) is 0 Å². The van der Waals surface area contributed by atoms with Crippen molar-refractivity contribution in [3.05, 3.63) is 29.6 Å². The number of hydrogen-bond donors (Lipinski definition) is 3. The van der Waals surface area contributed by atoms with E-state index in [2.05, 4.69) is 4.98 Å². The molecule has 0 spiro atoms. The van der Waals surface area contributed by atoms with Crippen LogP contribution >= 0.6 is 0 Å². The quantitative estimate of drug-likeness (QED) is 0.639. The van der Waals surface area contributed by atoms with Gasteiger partial charge in [0.25, 0.3) is 5.91 Å². The van der Waals surface area contributed by atoms with Crippen LogP contribution in [-0.2, 0) is 4.79 Å². The number of rotatable bonds is 3. The van der Waals surface area contributed by atoms with E-state index in [4.69, 9.17) is 10.8 Å². The van der Waals surface area contributed by atoms with Gasteiger partial charge in [-0.15, -0.1) is 0 Å². The summed E-state index contributed by atoms with van der Waals surface area (Å²) in [4.78, 5) is 39.5. The number of aliphatic hydroxyl groups is 1. The van der Waals surface area contributed by atoms with Crippen LogP contribution in [0.1, 0.15) is 27.3 Å². The number of amides is 2. The number of carboxylic acid groups (broad SMARTS) is 1. The Hall–Kier alpha value is -2.48. The predicted octanol–water partition coefficient (Wildman–Crippen LogP) is -1.16. The van der Waals surface area contributed by atoms with E-state index in [0.29, 0.717) is 0 Å². The molecule has 2 heterocycles. The van der Waals surface area contributed by atoms with Gasteiger partial charge < -0.3 is 20.8 Å². The summed E-state index contributed by atoms with van der Waals surface area (Å²) in [5.41, 5.74) is 4.64. The van der Waals surface area contributed by atoms with E-state index in [9.17, 15) is 19.5 Å². The zero-order chi connectivity index (χ0) is 14.9. The van der Waals surface area contributed by atoms with E-state index in [0.717, 1.165) is 4.90 Å². The molecule has 106 valence electrons. The van der Waals surface area contributed by atoms with Crippen molar-refractivity contribution in [2.75, 3.05) is 6.54 Å². The number of nitrogens with zero attached hydrogens (tertiary/aromatic N) is 2. The first-order valence-electron chi connectivity index (χ1n) is 5.88. The molecule has 1 aromatic heterocycles. The molecule has 0 aliphatic carbocycles. The summed E-state index contributed by atoms with van der Waals surface area (Å²) in [6, 6.07) is 1.68. The molecule has 2 amide bonds. The number of carboxylic acids is 1. The molecular weight excluding hydrogens is 266 g/mol. The fraction of sp³-hybridized carbons (Fsp3) is 0.333. The molecule has 2 atom stereocenters. The van der Waals surface area contributed by atoms with Crippen LogP contribution in [0.4, 0.5) is 0 Å². The number of aromatic nitrogens is 1. The van der Waals surface area contributed by atoms with Crippen LogP contribution in [0.2, 0.25) is 0 Å². The van der Waals surface area contributed by atoms with Crippen LogP contribution in [0, 0.1) is 0 Å². The number of primary amides is 1. The molecule has 0 radical (unpaired) electrons. The smallest absolute Gasteiger partial charge is 0.338 e. The lowest BCUT2D eigenvalue weighted by atomic mass is 10.1. The van der Waals surface area contributed by atoms with E-state index < -0.39 is 29.9 Å². The summed E-state index contributed by atoms with van der Waals surface area (Å²) in [5, 5.41) is 18.6. The number of likely N-dealkylation sites (tertiary alicyclic amines) is 1. The first kappa shape index (κ1) is 13.9. The first-order valence-corrected chi connectivity index (χ1v) is 5.88. The van der Waals surface area contributed by atoms with Crippen molar-refractivity contribution >= 4 is 17.8 Å². The summed E-state index contributed by atoms with van der Waals surface area (Å²) in [6.45, 7) is -0.0813. The Morgan fingerprint density at radius 1 is 1.40 bits per heavy atom. The first-order chi connectivity index (χ1) is 9.41. The highest BCUT2D eigenvalue weighted by Crippen LogP contribution is 2.21. The molecule has 2 rings (SSSR count). The monoisotopic (exact) mass is 279 g/mol. The summed E-state index contributed by atoms with van der Waals surface area (Å²) < 4.78 is 0. The third-order valence-corrected chi connectivity index (χ3v) is 3.11. The lowest BCUT2D eigenvalue weighted by molar-refractivity contribution is -0.121. The second kappa shape index (κ2) is 5.25. The molecule has 0 aromatic carbocycles. The molecule has 1 saturated heterocycles. The lowest BCUT2D eigenvalue weighted by Gasteiger charge is -2.21. The second-order valence-electron chi connectivity index (χ2n) is 4.47. The van der Waals surface area contributed by atoms with Gasteiger partial charge in [-0.3, -0.25) is 14.6 Å². The fourth-order valence-corrected chi connectivity index (χ4v) is 2.19. The number of pyridine rings is 1. The van der Waals surface area contributed by atoms with Crippen molar-refractivity contribution in [2.45, 2.75) is 18.6 Å². The van der Waals surface area contributed by atoms with Gasteiger partial charge in [0.15, 0.2) is 0 Å². The van der Waals surface area contributed by atoms with Crippen molar-refractivity contribution in [2.24, 2.45) is 5.73 Å². The molecular formula is C12H13N3O5. The maximum atomic E-state index is 12.3. The van der Waals surface area contributed by atoms with E-state index in [1.807, 2.05) is 0 Å². The number of β-amino-alcohol motifs (C(OH)–C–C–N with tert-alkyl or cyclic N) is 1. The largest absolute Gasteiger partial charge is 0.478 e. The third kappa shape index (κ3) is 2.45. The fourth-order valence-electron chi connectivity index (χ4n) is 2.19. The number of aliphatic hydroxyl groups excluding tert-OH is 1. The van der Waals surface area contributed by atoms with Gasteiger partial charge in [0.2, 0.25) is 5.91 Å². The number of aromatic carboxylic acids is 1. The minimum absolute atomic E-state index is 0.0380. The standard InChI is InChI=1S/C12H13N3O5/c13-10(17)8-4-6(16)5-15(8)11(18)9-7(12(19)20)2-1-3-14-9/h1-3,6,8,16H,4-5H2,(H2,13,17)(H,19,20). The van der Waals surface area contributed by atoms with Crippen LogP contribution in [0.15, 0.2) is 18.3 Å². The Morgan fingerprint density at radius 2 is 2.10 bits per heavy atom. The minimum atomic E-state index is -1.29. The Balaban J connectivity index is 2.36. The van der Waals surface area contributed by atoms with E-state index in [-0.39, 0.29) is 24.2 Å². The van der Waals surface area contributed by atoms with E-state index in [1.54, 1.807) is 0 Å². The van der Waals surface area contributed by atoms with Gasteiger partial charge in [-0.1, -0.05) is 0 Å². The summed E-state index contributed by atoms with van der Waals surface area (Å²) in [6.07, 6.45) is 0.454. The lowest BCUT2D eigenvalue weighted by Crippen LogP contribution is -2.44. The third-order valence-electron chi connectivity index (χ3n) is 3.11. The molecule has 8 nitrogen and oxygen atoms in total. The molecule has 4 N–H and O–H groups in total. The topological polar surface area (TPSA) is 134 Å². The van der Waals surface area contributed by atoms with E-state index in [1.165, 1.54) is 18.3 Å². The average Bonchev–Trinajstić information content (AvgIpc) is 2.80. The molecule has 0 bridgehead atoms. The van der Waals surface area contributed by atoms with Crippen molar-refractivity contribution in [3.8, 4) is 0 Å². The Labute approximate surface area is 113 Å². The molecule has 20 heavy (non-hydrogen) atoms. The van der Waals surface area contributed by atoms with Gasteiger partial charge in [0.05, 0.1) is 11.7 Å². The zero-order valence-corrected chi connectivity index (χ0v) is 10.4. The maximum Gasteiger partial charge on any atom is 0.338 e. The van der Waals surface area contributed by atoms with Gasteiger partial charge in [-0.25, -0.2) is 4.79 Å². The van der Waals surface area contributed by atoms with Crippen LogP contribution < -0.4 is 5.73 Å². The normalized spacial score (nSPS) is 21.8. The van der Waals surface area contributed by atoms with Crippen molar-refractivity contribution < 1.29 is 24.6 Å². The van der Waals surface area contributed by atoms with E-state index >= 15 is 0 Å². The minimum Gasteiger partial charge on any atom is -0.478 e. The molecule has 1 fully saturated rings. The molecule has 1 aliphatic rings. The molecule has 0 saturated carbocycles. The maximum absolute atomic E-state index is 12.3. The molecule has 1 aliphatic heterocycles. The van der Waals surface area contributed by atoms with Crippen LogP contribution in [-0.4, -0.2) is 56.6 Å². The van der Waals surface area contributed by atoms with Crippen molar-refractivity contribution in [3.63, 3.8) is 0 Å². The summed E-state index contributed by atoms with van der Waals surface area (Å²) in [5.74, 6) is -2.78. The van der Waals surface area contributed by atoms with Crippen LogP contribution in [0.5, 0.6) is 0 Å².